The Morgan fingerprint density at radius 2 is 1.94 bits per heavy atom. The molecule has 0 spiro atoms. The Kier molecular flexibility index (Phi) is 6.28. The Morgan fingerprint density at radius 1 is 1.26 bits per heavy atom. The maximum atomic E-state index is 13.6. The highest BCUT2D eigenvalue weighted by Gasteiger charge is 2.46. The van der Waals surface area contributed by atoms with Gasteiger partial charge in [0.1, 0.15) is 6.54 Å². The van der Waals surface area contributed by atoms with Crippen LogP contribution in [0.4, 0.5) is 18.0 Å². The topological polar surface area (TPSA) is 81.8 Å². The molecule has 4 amide bonds. The summed E-state index contributed by atoms with van der Waals surface area (Å²) in [7, 11) is 0. The van der Waals surface area contributed by atoms with Crippen LogP contribution in [0.3, 0.4) is 0 Å². The molecule has 2 aliphatic rings. The highest BCUT2D eigenvalue weighted by atomic mass is 19.4. The molecule has 1 aromatic rings. The van der Waals surface area contributed by atoms with E-state index in [1.165, 1.54) is 28.0 Å². The quantitative estimate of drug-likeness (QED) is 0.717. The maximum absolute atomic E-state index is 13.6. The molecule has 0 saturated carbocycles. The van der Waals surface area contributed by atoms with Crippen molar-refractivity contribution in [2.24, 2.45) is 5.92 Å². The average Bonchev–Trinajstić information content (AvgIpc) is 3.01. The van der Waals surface area contributed by atoms with E-state index in [1.807, 2.05) is 13.8 Å². The number of rotatable bonds is 6. The number of carbonyl (C=O) groups excluding carboxylic acids is 3. The van der Waals surface area contributed by atoms with Crippen molar-refractivity contribution in [3.63, 3.8) is 0 Å². The van der Waals surface area contributed by atoms with E-state index in [4.69, 9.17) is 0 Å². The van der Waals surface area contributed by atoms with Crippen LogP contribution in [-0.2, 0) is 15.8 Å². The molecule has 31 heavy (non-hydrogen) atoms. The van der Waals surface area contributed by atoms with Crippen molar-refractivity contribution in [2.75, 3.05) is 26.2 Å². The molecule has 0 fully saturated rings. The first-order valence-electron chi connectivity index (χ1n) is 10.1. The number of hydrogen-bond donors (Lipinski definition) is 2. The van der Waals surface area contributed by atoms with Crippen LogP contribution in [0.25, 0.3) is 0 Å². The van der Waals surface area contributed by atoms with Crippen LogP contribution in [0.15, 0.2) is 35.5 Å². The van der Waals surface area contributed by atoms with Gasteiger partial charge in [-0.2, -0.15) is 13.2 Å². The van der Waals surface area contributed by atoms with Crippen molar-refractivity contribution in [1.29, 1.82) is 0 Å². The average molecular weight is 438 g/mol. The summed E-state index contributed by atoms with van der Waals surface area (Å²) in [5.41, 5.74) is -0.728. The van der Waals surface area contributed by atoms with Crippen molar-refractivity contribution >= 4 is 17.8 Å². The smallest absolute Gasteiger partial charge is 0.354 e. The number of nitrogens with one attached hydrogen (secondary N) is 2. The fourth-order valence-electron chi connectivity index (χ4n) is 3.80. The van der Waals surface area contributed by atoms with E-state index >= 15 is 0 Å². The van der Waals surface area contributed by atoms with Gasteiger partial charge in [-0.3, -0.25) is 14.5 Å². The fraction of sp³-hybridized carbons (Fsp3) is 0.476. The normalized spacial score (nSPS) is 19.1. The number of alkyl halides is 3. The van der Waals surface area contributed by atoms with E-state index < -0.39 is 29.7 Å². The molecule has 2 N–H and O–H groups in total. The van der Waals surface area contributed by atoms with Gasteiger partial charge < -0.3 is 15.5 Å². The highest BCUT2D eigenvalue weighted by molar-refractivity contribution is 6.03. The number of benzene rings is 1. The molecule has 0 aliphatic carbocycles. The second-order valence-electron chi connectivity index (χ2n) is 7.93. The molecule has 0 unspecified atom stereocenters. The number of carbonyl (C=O) groups is 3. The minimum Gasteiger partial charge on any atom is -0.354 e. The van der Waals surface area contributed by atoms with Gasteiger partial charge in [-0.1, -0.05) is 32.0 Å². The molecule has 2 heterocycles. The molecular formula is C21H25F3N4O3. The van der Waals surface area contributed by atoms with Gasteiger partial charge in [0.15, 0.2) is 0 Å². The molecule has 0 saturated heterocycles. The lowest BCUT2D eigenvalue weighted by molar-refractivity contribution is -0.138. The second-order valence-corrected chi connectivity index (χ2v) is 7.93. The molecule has 0 aromatic heterocycles. The monoisotopic (exact) mass is 438 g/mol. The third-order valence-corrected chi connectivity index (χ3v) is 5.23. The standard InChI is InChI=1S/C21H25F3N4O3/c1-4-28-15-10-27(11-16(29)25-9-12(2)3)19(30)17(15)18(26-20(28)31)13-7-5-6-8-14(13)21(22,23)24/h5-8,12,18H,4,9-11H2,1-3H3,(H,25,29)(H,26,31)/t18-/m1/s1. The summed E-state index contributed by atoms with van der Waals surface area (Å²) in [6.07, 6.45) is -4.65. The van der Waals surface area contributed by atoms with Crippen LogP contribution >= 0.6 is 0 Å². The minimum absolute atomic E-state index is 0.0186. The Bertz CT molecular complexity index is 927. The third-order valence-electron chi connectivity index (χ3n) is 5.23. The lowest BCUT2D eigenvalue weighted by Gasteiger charge is -2.33. The summed E-state index contributed by atoms with van der Waals surface area (Å²) in [5, 5.41) is 5.26. The SMILES string of the molecule is CCN1C(=O)N[C@H](c2ccccc2C(F)(F)F)C2=C1CN(CC(=O)NCC(C)C)C2=O. The number of likely N-dealkylation sites (N-methyl/N-ethyl adjacent to an activating group) is 1. The van der Waals surface area contributed by atoms with Crippen molar-refractivity contribution in [1.82, 2.24) is 20.4 Å². The molecule has 2 aliphatic heterocycles. The van der Waals surface area contributed by atoms with E-state index in [9.17, 15) is 27.6 Å². The van der Waals surface area contributed by atoms with Crippen molar-refractivity contribution < 1.29 is 27.6 Å². The van der Waals surface area contributed by atoms with Crippen molar-refractivity contribution in [3.05, 3.63) is 46.7 Å². The molecule has 1 atom stereocenters. The summed E-state index contributed by atoms with van der Waals surface area (Å²) in [4.78, 5) is 40.6. The van der Waals surface area contributed by atoms with Crippen LogP contribution < -0.4 is 10.6 Å². The second kappa shape index (κ2) is 8.60. The first-order valence-corrected chi connectivity index (χ1v) is 10.1. The summed E-state index contributed by atoms with van der Waals surface area (Å²) in [6, 6.07) is 3.03. The van der Waals surface area contributed by atoms with Crippen LogP contribution in [0.5, 0.6) is 0 Å². The Morgan fingerprint density at radius 3 is 2.55 bits per heavy atom. The zero-order valence-electron chi connectivity index (χ0n) is 17.5. The van der Waals surface area contributed by atoms with Crippen molar-refractivity contribution in [2.45, 2.75) is 33.0 Å². The largest absolute Gasteiger partial charge is 0.416 e. The van der Waals surface area contributed by atoms with E-state index in [0.29, 0.717) is 12.2 Å². The molecule has 1 aromatic carbocycles. The molecule has 7 nitrogen and oxygen atoms in total. The molecule has 3 rings (SSSR count). The van der Waals surface area contributed by atoms with Gasteiger partial charge in [-0.05, 0) is 24.5 Å². The van der Waals surface area contributed by atoms with Crippen LogP contribution in [0.1, 0.15) is 37.9 Å². The molecule has 0 bridgehead atoms. The summed E-state index contributed by atoms with van der Waals surface area (Å²) < 4.78 is 40.8. The number of amides is 4. The minimum atomic E-state index is -4.65. The molecular weight excluding hydrogens is 413 g/mol. The van der Waals surface area contributed by atoms with Gasteiger partial charge in [-0.25, -0.2) is 4.79 Å². The predicted molar refractivity (Wildman–Crippen MR) is 107 cm³/mol. The predicted octanol–water partition coefficient (Wildman–Crippen LogP) is 2.66. The lowest BCUT2D eigenvalue weighted by atomic mass is 9.91. The summed E-state index contributed by atoms with van der Waals surface area (Å²) in [5.74, 6) is -0.697. The van der Waals surface area contributed by atoms with E-state index in [0.717, 1.165) is 6.07 Å². The fourth-order valence-corrected chi connectivity index (χ4v) is 3.80. The molecule has 10 heteroatoms. The zero-order chi connectivity index (χ0) is 22.9. The lowest BCUT2D eigenvalue weighted by Crippen LogP contribution is -2.47. The third kappa shape index (κ3) is 4.52. The van der Waals surface area contributed by atoms with Gasteiger partial charge in [-0.15, -0.1) is 0 Å². The highest BCUT2D eigenvalue weighted by Crippen LogP contribution is 2.41. The van der Waals surface area contributed by atoms with Crippen molar-refractivity contribution in [3.8, 4) is 0 Å². The summed E-state index contributed by atoms with van der Waals surface area (Å²) in [6.45, 7) is 5.99. The van der Waals surface area contributed by atoms with E-state index in [-0.39, 0.29) is 42.6 Å². The molecule has 168 valence electrons. The van der Waals surface area contributed by atoms with Gasteiger partial charge in [0.25, 0.3) is 5.91 Å². The summed E-state index contributed by atoms with van der Waals surface area (Å²) >= 11 is 0. The van der Waals surface area contributed by atoms with Gasteiger partial charge >= 0.3 is 12.2 Å². The first-order chi connectivity index (χ1) is 14.5. The van der Waals surface area contributed by atoms with Gasteiger partial charge in [0.2, 0.25) is 5.91 Å². The number of urea groups is 1. The number of halogens is 3. The van der Waals surface area contributed by atoms with Crippen LogP contribution in [0.2, 0.25) is 0 Å². The van der Waals surface area contributed by atoms with Gasteiger partial charge in [0, 0.05) is 13.1 Å². The zero-order valence-corrected chi connectivity index (χ0v) is 17.5. The van der Waals surface area contributed by atoms with E-state index in [2.05, 4.69) is 10.6 Å². The van der Waals surface area contributed by atoms with Crippen LogP contribution in [0, 0.1) is 5.92 Å². The van der Waals surface area contributed by atoms with E-state index in [1.54, 1.807) is 6.92 Å². The number of nitrogens with zero attached hydrogens (tertiary/aromatic N) is 2. The maximum Gasteiger partial charge on any atom is 0.416 e. The Hall–Kier alpha value is -3.04. The first kappa shape index (κ1) is 22.6. The Labute approximate surface area is 178 Å². The van der Waals surface area contributed by atoms with Crippen LogP contribution in [-0.4, -0.2) is 53.8 Å². The molecule has 0 radical (unpaired) electrons. The Balaban J connectivity index is 1.96. The number of hydrogen-bond acceptors (Lipinski definition) is 3. The van der Waals surface area contributed by atoms with Gasteiger partial charge in [0.05, 0.1) is 29.4 Å².